The van der Waals surface area contributed by atoms with Crippen LogP contribution in [0.3, 0.4) is 0 Å². The predicted octanol–water partition coefficient (Wildman–Crippen LogP) is 10.0. The summed E-state index contributed by atoms with van der Waals surface area (Å²) in [7, 11) is 0. The average Bonchev–Trinajstić information content (AvgIpc) is 2.81. The van der Waals surface area contributed by atoms with E-state index in [-0.39, 0.29) is 11.1 Å². The average molecular weight is 475 g/mol. The molecule has 0 amide bonds. The van der Waals surface area contributed by atoms with Crippen molar-refractivity contribution in [2.24, 2.45) is 5.92 Å². The van der Waals surface area contributed by atoms with Gasteiger partial charge in [-0.05, 0) is 66.2 Å². The SMILES string of the molecule is CCCCCCC1CCC(c2ccc3c(F)c(-c4ccc(C(F)(F)F)c(F)c4)ccc3c2)CC1. The van der Waals surface area contributed by atoms with Gasteiger partial charge in [0.15, 0.2) is 0 Å². The predicted molar refractivity (Wildman–Crippen MR) is 128 cm³/mol. The van der Waals surface area contributed by atoms with Crippen LogP contribution in [0.4, 0.5) is 22.0 Å². The van der Waals surface area contributed by atoms with Crippen LogP contribution in [0, 0.1) is 17.6 Å². The molecule has 0 saturated heterocycles. The number of fused-ring (bicyclic) bond motifs is 1. The third-order valence-electron chi connectivity index (χ3n) is 7.35. The number of rotatable bonds is 7. The minimum absolute atomic E-state index is 0.0891. The number of benzene rings is 3. The Labute approximate surface area is 198 Å². The molecule has 1 saturated carbocycles. The molecule has 0 N–H and O–H groups in total. The summed E-state index contributed by atoms with van der Waals surface area (Å²) in [5.74, 6) is -0.652. The molecule has 0 aliphatic heterocycles. The van der Waals surface area contributed by atoms with E-state index in [2.05, 4.69) is 6.92 Å². The lowest BCUT2D eigenvalue weighted by Crippen LogP contribution is -2.13. The molecule has 0 nitrogen and oxygen atoms in total. The summed E-state index contributed by atoms with van der Waals surface area (Å²) in [5, 5.41) is 1.15. The molecule has 3 aromatic rings. The van der Waals surface area contributed by atoms with Gasteiger partial charge in [-0.2, -0.15) is 13.2 Å². The summed E-state index contributed by atoms with van der Waals surface area (Å²) in [6.45, 7) is 2.23. The quantitative estimate of drug-likeness (QED) is 0.236. The Hall–Kier alpha value is -2.43. The van der Waals surface area contributed by atoms with E-state index in [1.54, 1.807) is 12.1 Å². The van der Waals surface area contributed by atoms with Crippen molar-refractivity contribution in [2.75, 3.05) is 0 Å². The summed E-state index contributed by atoms with van der Waals surface area (Å²) in [6.07, 6.45) is 6.54. The first kappa shape index (κ1) is 24.7. The number of unbranched alkanes of at least 4 members (excludes halogenated alkanes) is 3. The van der Waals surface area contributed by atoms with Crippen LogP contribution >= 0.6 is 0 Å². The Kier molecular flexibility index (Phi) is 7.59. The molecule has 0 radical (unpaired) electrons. The topological polar surface area (TPSA) is 0 Å². The second-order valence-corrected chi connectivity index (χ2v) is 9.67. The van der Waals surface area contributed by atoms with Crippen LogP contribution in [0.25, 0.3) is 21.9 Å². The second-order valence-electron chi connectivity index (χ2n) is 9.67. The van der Waals surface area contributed by atoms with E-state index in [1.165, 1.54) is 56.6 Å². The number of halogens is 5. The van der Waals surface area contributed by atoms with Crippen LogP contribution in [-0.2, 0) is 6.18 Å². The van der Waals surface area contributed by atoms with Crippen molar-refractivity contribution in [3.05, 3.63) is 71.3 Å². The Bertz CT molecular complexity index is 1120. The summed E-state index contributed by atoms with van der Waals surface area (Å²) in [5.41, 5.74) is 0.0464. The normalized spacial score (nSPS) is 19.0. The van der Waals surface area contributed by atoms with E-state index in [0.29, 0.717) is 17.4 Å². The fourth-order valence-electron chi connectivity index (χ4n) is 5.34. The van der Waals surface area contributed by atoms with Crippen LogP contribution in [0.15, 0.2) is 48.5 Å². The zero-order chi connectivity index (χ0) is 24.3. The van der Waals surface area contributed by atoms with Gasteiger partial charge in [0.1, 0.15) is 11.6 Å². The summed E-state index contributed by atoms with van der Waals surface area (Å²) >= 11 is 0. The fraction of sp³-hybridized carbons (Fsp3) is 0.448. The number of alkyl halides is 3. The van der Waals surface area contributed by atoms with Gasteiger partial charge in [0.2, 0.25) is 0 Å². The highest BCUT2D eigenvalue weighted by Crippen LogP contribution is 2.40. The molecule has 4 rings (SSSR count). The number of hydrogen-bond acceptors (Lipinski definition) is 0. The molecule has 0 aromatic heterocycles. The Morgan fingerprint density at radius 2 is 1.59 bits per heavy atom. The molecule has 5 heteroatoms. The van der Waals surface area contributed by atoms with Crippen molar-refractivity contribution in [2.45, 2.75) is 76.8 Å². The first-order valence-corrected chi connectivity index (χ1v) is 12.4. The van der Waals surface area contributed by atoms with Crippen molar-refractivity contribution in [3.63, 3.8) is 0 Å². The molecule has 1 fully saturated rings. The van der Waals surface area contributed by atoms with Gasteiger partial charge in [-0.3, -0.25) is 0 Å². The minimum Gasteiger partial charge on any atom is -0.206 e. The van der Waals surface area contributed by atoms with Gasteiger partial charge < -0.3 is 0 Å². The van der Waals surface area contributed by atoms with Gasteiger partial charge in [0, 0.05) is 10.9 Å². The molecule has 3 aromatic carbocycles. The maximum absolute atomic E-state index is 15.3. The molecule has 0 heterocycles. The smallest absolute Gasteiger partial charge is 0.206 e. The van der Waals surface area contributed by atoms with E-state index in [9.17, 15) is 17.6 Å². The van der Waals surface area contributed by atoms with E-state index >= 15 is 4.39 Å². The Balaban J connectivity index is 1.49. The molecular formula is C29H31F5. The number of hydrogen-bond donors (Lipinski definition) is 0. The molecule has 0 atom stereocenters. The van der Waals surface area contributed by atoms with Crippen molar-refractivity contribution >= 4 is 10.8 Å². The van der Waals surface area contributed by atoms with E-state index in [1.807, 2.05) is 12.1 Å². The standard InChI is InChI=1S/C29H31F5/c1-2-3-4-5-6-19-7-9-20(10-8-19)21-11-14-24-22(17-21)12-15-25(28(24)31)23-13-16-26(27(30)18-23)29(32,33)34/h11-20H,2-10H2,1H3. The van der Waals surface area contributed by atoms with E-state index < -0.39 is 23.4 Å². The molecule has 1 aliphatic carbocycles. The molecule has 34 heavy (non-hydrogen) atoms. The van der Waals surface area contributed by atoms with Crippen LogP contribution in [0.5, 0.6) is 0 Å². The Morgan fingerprint density at radius 1 is 0.824 bits per heavy atom. The van der Waals surface area contributed by atoms with E-state index in [4.69, 9.17) is 0 Å². The maximum Gasteiger partial charge on any atom is 0.419 e. The van der Waals surface area contributed by atoms with Gasteiger partial charge in [-0.25, -0.2) is 8.78 Å². The third-order valence-corrected chi connectivity index (χ3v) is 7.35. The van der Waals surface area contributed by atoms with E-state index in [0.717, 1.165) is 36.3 Å². The minimum atomic E-state index is -4.78. The van der Waals surface area contributed by atoms with Crippen LogP contribution < -0.4 is 0 Å². The molecule has 1 aliphatic rings. The largest absolute Gasteiger partial charge is 0.419 e. The van der Waals surface area contributed by atoms with Gasteiger partial charge in [-0.1, -0.05) is 75.4 Å². The second kappa shape index (κ2) is 10.5. The zero-order valence-electron chi connectivity index (χ0n) is 19.5. The highest BCUT2D eigenvalue weighted by Gasteiger charge is 2.34. The lowest BCUT2D eigenvalue weighted by molar-refractivity contribution is -0.139. The fourth-order valence-corrected chi connectivity index (χ4v) is 5.34. The Morgan fingerprint density at radius 3 is 2.26 bits per heavy atom. The molecule has 0 unspecified atom stereocenters. The monoisotopic (exact) mass is 474 g/mol. The van der Waals surface area contributed by atoms with Gasteiger partial charge in [0.25, 0.3) is 0 Å². The van der Waals surface area contributed by atoms with Crippen molar-refractivity contribution < 1.29 is 22.0 Å². The lowest BCUT2D eigenvalue weighted by atomic mass is 9.76. The van der Waals surface area contributed by atoms with Gasteiger partial charge in [0.05, 0.1) is 5.56 Å². The van der Waals surface area contributed by atoms with Crippen molar-refractivity contribution in [3.8, 4) is 11.1 Å². The van der Waals surface area contributed by atoms with Gasteiger partial charge in [-0.15, -0.1) is 0 Å². The molecule has 182 valence electrons. The third kappa shape index (κ3) is 5.45. The van der Waals surface area contributed by atoms with Crippen LogP contribution in [-0.4, -0.2) is 0 Å². The summed E-state index contributed by atoms with van der Waals surface area (Å²) in [6, 6.07) is 11.6. The first-order chi connectivity index (χ1) is 16.3. The molecule has 0 bridgehead atoms. The van der Waals surface area contributed by atoms with Crippen LogP contribution in [0.1, 0.15) is 81.8 Å². The van der Waals surface area contributed by atoms with Gasteiger partial charge >= 0.3 is 6.18 Å². The zero-order valence-corrected chi connectivity index (χ0v) is 19.5. The molecule has 0 spiro atoms. The molecular weight excluding hydrogens is 443 g/mol. The first-order valence-electron chi connectivity index (χ1n) is 12.4. The highest BCUT2D eigenvalue weighted by atomic mass is 19.4. The lowest BCUT2D eigenvalue weighted by Gasteiger charge is -2.29. The van der Waals surface area contributed by atoms with Crippen LogP contribution in [0.2, 0.25) is 0 Å². The summed E-state index contributed by atoms with van der Waals surface area (Å²) in [4.78, 5) is 0. The highest BCUT2D eigenvalue weighted by molar-refractivity contribution is 5.89. The maximum atomic E-state index is 15.3. The van der Waals surface area contributed by atoms with Crippen molar-refractivity contribution in [1.29, 1.82) is 0 Å². The summed E-state index contributed by atoms with van der Waals surface area (Å²) < 4.78 is 67.9. The van der Waals surface area contributed by atoms with Crippen molar-refractivity contribution in [1.82, 2.24) is 0 Å².